The highest BCUT2D eigenvalue weighted by Gasteiger charge is 2.43. The van der Waals surface area contributed by atoms with Crippen LogP contribution in [0.3, 0.4) is 0 Å². The Hall–Kier alpha value is -1.71. The predicted octanol–water partition coefficient (Wildman–Crippen LogP) is 1.77. The van der Waals surface area contributed by atoms with Crippen LogP contribution in [0, 0.1) is 5.92 Å². The molecular weight excluding hydrogens is 412 g/mol. The fourth-order valence-electron chi connectivity index (χ4n) is 3.80. The maximum absolute atomic E-state index is 12.7. The fourth-order valence-corrected chi connectivity index (χ4v) is 6.94. The van der Waals surface area contributed by atoms with Gasteiger partial charge in [0.05, 0.1) is 11.1 Å². The summed E-state index contributed by atoms with van der Waals surface area (Å²) >= 11 is 3.67. The molecule has 1 unspecified atom stereocenters. The monoisotopic (exact) mass is 438 g/mol. The van der Waals surface area contributed by atoms with E-state index in [-0.39, 0.29) is 18.4 Å². The molecule has 158 valence electrons. The number of carbonyl (C=O) groups is 3. The average Bonchev–Trinajstić information content (AvgIpc) is 3.38. The topological polar surface area (TPSA) is 107 Å². The van der Waals surface area contributed by atoms with Gasteiger partial charge in [-0.15, -0.1) is 23.5 Å². The van der Waals surface area contributed by atoms with Crippen molar-refractivity contribution in [1.29, 1.82) is 0 Å². The van der Waals surface area contributed by atoms with Crippen molar-refractivity contribution in [3.63, 3.8) is 0 Å². The van der Waals surface area contributed by atoms with Crippen LogP contribution >= 0.6 is 23.5 Å². The lowest BCUT2D eigenvalue weighted by atomic mass is 10.1. The lowest BCUT2D eigenvalue weighted by Gasteiger charge is -2.23. The third kappa shape index (κ3) is 5.90. The predicted molar refractivity (Wildman–Crippen MR) is 114 cm³/mol. The van der Waals surface area contributed by atoms with Gasteiger partial charge in [-0.2, -0.15) is 0 Å². The van der Waals surface area contributed by atoms with E-state index in [1.54, 1.807) is 0 Å². The number of rotatable bonds is 9. The van der Waals surface area contributed by atoms with Crippen LogP contribution in [-0.4, -0.2) is 74.2 Å². The number of hydrogen-bond donors (Lipinski definition) is 3. The number of thioether (sulfide) groups is 2. The summed E-state index contributed by atoms with van der Waals surface area (Å²) in [5, 5.41) is 21.8. The normalized spacial score (nSPS) is 23.2. The minimum absolute atomic E-state index is 0.158. The molecule has 0 saturated carbocycles. The quantitative estimate of drug-likeness (QED) is 0.536. The Kier molecular flexibility index (Phi) is 7.85. The summed E-state index contributed by atoms with van der Waals surface area (Å²) in [6.45, 7) is 0.247. The summed E-state index contributed by atoms with van der Waals surface area (Å²) in [6.07, 6.45) is 1.40. The van der Waals surface area contributed by atoms with Crippen molar-refractivity contribution < 1.29 is 24.6 Å². The first-order chi connectivity index (χ1) is 14.0. The number of aliphatic carboxylic acids is 2. The van der Waals surface area contributed by atoms with E-state index in [0.29, 0.717) is 30.4 Å². The van der Waals surface area contributed by atoms with Gasteiger partial charge in [0.1, 0.15) is 12.1 Å². The van der Waals surface area contributed by atoms with Crippen molar-refractivity contribution in [2.75, 3.05) is 24.6 Å². The van der Waals surface area contributed by atoms with Crippen molar-refractivity contribution in [3.8, 4) is 0 Å². The number of hydrogen-bond acceptors (Lipinski definition) is 6. The second-order valence-corrected chi connectivity index (χ2v) is 10.1. The van der Waals surface area contributed by atoms with Crippen molar-refractivity contribution in [1.82, 2.24) is 10.2 Å². The number of benzene rings is 1. The number of aryl methyl sites for hydroxylation is 1. The van der Waals surface area contributed by atoms with Crippen LogP contribution in [0.25, 0.3) is 0 Å². The molecule has 2 aliphatic heterocycles. The van der Waals surface area contributed by atoms with Crippen LogP contribution < -0.4 is 5.32 Å². The number of amides is 1. The number of carbonyl (C=O) groups excluding carboxylic acids is 1. The van der Waals surface area contributed by atoms with Crippen molar-refractivity contribution in [2.24, 2.45) is 5.92 Å². The van der Waals surface area contributed by atoms with Gasteiger partial charge in [-0.3, -0.25) is 14.9 Å². The Morgan fingerprint density at radius 1 is 1.14 bits per heavy atom. The van der Waals surface area contributed by atoms with Gasteiger partial charge < -0.3 is 15.1 Å². The molecule has 2 heterocycles. The van der Waals surface area contributed by atoms with E-state index in [9.17, 15) is 24.6 Å². The third-order valence-electron chi connectivity index (χ3n) is 5.33. The lowest BCUT2D eigenvalue weighted by Crippen LogP contribution is -2.48. The zero-order valence-corrected chi connectivity index (χ0v) is 17.7. The van der Waals surface area contributed by atoms with Crippen LogP contribution in [0.1, 0.15) is 18.4 Å². The molecule has 2 saturated heterocycles. The fraction of sp³-hybridized carbons (Fsp3) is 0.550. The Balaban J connectivity index is 1.55. The standard InChI is InChI=1S/C20H26N2O5S2/c23-17(11-21-15(18(24)25)7-6-13-4-2-1-3-5-13)22-12-14(10-16(22)19(26)27)20-28-8-9-29-20/h1-5,14-16,20-21H,6-12H2,(H,24,25)(H,26,27)/t14-,15?,16-/m0/s1. The summed E-state index contributed by atoms with van der Waals surface area (Å²) < 4.78 is 0.334. The molecule has 0 spiro atoms. The smallest absolute Gasteiger partial charge is 0.326 e. The summed E-state index contributed by atoms with van der Waals surface area (Å²) in [6, 6.07) is 7.89. The van der Waals surface area contributed by atoms with Gasteiger partial charge in [0.2, 0.25) is 5.91 Å². The van der Waals surface area contributed by atoms with Crippen LogP contribution in [0.5, 0.6) is 0 Å². The van der Waals surface area contributed by atoms with Gasteiger partial charge in [-0.25, -0.2) is 4.79 Å². The van der Waals surface area contributed by atoms with Gasteiger partial charge in [0.25, 0.3) is 0 Å². The second kappa shape index (κ2) is 10.4. The van der Waals surface area contributed by atoms with Crippen molar-refractivity contribution in [2.45, 2.75) is 35.9 Å². The molecule has 3 N–H and O–H groups in total. The first-order valence-electron chi connectivity index (χ1n) is 9.71. The molecule has 0 bridgehead atoms. The van der Waals surface area contributed by atoms with Crippen molar-refractivity contribution >= 4 is 41.4 Å². The van der Waals surface area contributed by atoms with Gasteiger partial charge in [-0.1, -0.05) is 30.3 Å². The van der Waals surface area contributed by atoms with E-state index in [2.05, 4.69) is 5.32 Å². The lowest BCUT2D eigenvalue weighted by molar-refractivity contribution is -0.148. The number of nitrogens with one attached hydrogen (secondary N) is 1. The van der Waals surface area contributed by atoms with Gasteiger partial charge in [0, 0.05) is 24.0 Å². The molecule has 29 heavy (non-hydrogen) atoms. The van der Waals surface area contributed by atoms with Crippen LogP contribution in [0.2, 0.25) is 0 Å². The highest BCUT2D eigenvalue weighted by Crippen LogP contribution is 2.42. The highest BCUT2D eigenvalue weighted by molar-refractivity contribution is 8.20. The van der Waals surface area contributed by atoms with Gasteiger partial charge in [-0.05, 0) is 24.8 Å². The number of nitrogens with zero attached hydrogens (tertiary/aromatic N) is 1. The third-order valence-corrected chi connectivity index (χ3v) is 8.72. The largest absolute Gasteiger partial charge is 0.480 e. The highest BCUT2D eigenvalue weighted by atomic mass is 32.2. The van der Waals surface area contributed by atoms with Gasteiger partial charge in [0.15, 0.2) is 0 Å². The van der Waals surface area contributed by atoms with E-state index in [1.165, 1.54) is 4.90 Å². The number of carboxylic acid groups (broad SMARTS) is 2. The molecule has 1 aromatic carbocycles. The summed E-state index contributed by atoms with van der Waals surface area (Å²) in [5.41, 5.74) is 1.03. The summed E-state index contributed by atoms with van der Waals surface area (Å²) in [4.78, 5) is 37.4. The Bertz CT molecular complexity index is 727. The second-order valence-electron chi connectivity index (χ2n) is 7.30. The average molecular weight is 439 g/mol. The molecule has 7 nitrogen and oxygen atoms in total. The SMILES string of the molecule is O=C(O)C(CCc1ccccc1)NCC(=O)N1C[C@@H](C2SCCS2)C[C@H]1C(=O)O. The minimum Gasteiger partial charge on any atom is -0.480 e. The molecule has 2 fully saturated rings. The van der Waals surface area contributed by atoms with Crippen LogP contribution in [0.15, 0.2) is 30.3 Å². The zero-order valence-electron chi connectivity index (χ0n) is 16.0. The van der Waals surface area contributed by atoms with E-state index in [1.807, 2.05) is 53.9 Å². The molecule has 9 heteroatoms. The minimum atomic E-state index is -1.01. The maximum atomic E-state index is 12.7. The molecule has 0 aliphatic carbocycles. The Labute approximate surface area is 178 Å². The summed E-state index contributed by atoms with van der Waals surface area (Å²) in [5.74, 6) is -0.0827. The van der Waals surface area contributed by atoms with Crippen LogP contribution in [0.4, 0.5) is 0 Å². The molecule has 1 amide bonds. The van der Waals surface area contributed by atoms with E-state index < -0.39 is 24.0 Å². The van der Waals surface area contributed by atoms with E-state index in [0.717, 1.165) is 17.1 Å². The number of likely N-dealkylation sites (tertiary alicyclic amines) is 1. The van der Waals surface area contributed by atoms with E-state index >= 15 is 0 Å². The molecule has 3 rings (SSSR count). The van der Waals surface area contributed by atoms with E-state index in [4.69, 9.17) is 0 Å². The maximum Gasteiger partial charge on any atom is 0.326 e. The molecular formula is C20H26N2O5S2. The first kappa shape index (κ1) is 22.0. The Morgan fingerprint density at radius 2 is 1.83 bits per heavy atom. The summed E-state index contributed by atoms with van der Waals surface area (Å²) in [7, 11) is 0. The molecule has 0 radical (unpaired) electrons. The zero-order chi connectivity index (χ0) is 20.8. The molecule has 3 atom stereocenters. The molecule has 2 aliphatic rings. The van der Waals surface area contributed by atoms with Crippen molar-refractivity contribution in [3.05, 3.63) is 35.9 Å². The number of carboxylic acids is 2. The van der Waals surface area contributed by atoms with Crippen LogP contribution in [-0.2, 0) is 20.8 Å². The molecule has 0 aromatic heterocycles. The van der Waals surface area contributed by atoms with Gasteiger partial charge >= 0.3 is 11.9 Å². The first-order valence-corrected chi connectivity index (χ1v) is 11.8. The Morgan fingerprint density at radius 3 is 2.45 bits per heavy atom. The molecule has 1 aromatic rings.